The van der Waals surface area contributed by atoms with Crippen LogP contribution < -0.4 is 15.4 Å². The number of nitrogens with one attached hydrogen (secondary N) is 2. The van der Waals surface area contributed by atoms with E-state index in [1.54, 1.807) is 24.3 Å². The highest BCUT2D eigenvalue weighted by Gasteiger charge is 2.25. The van der Waals surface area contributed by atoms with Gasteiger partial charge in [-0.2, -0.15) is 4.98 Å². The van der Waals surface area contributed by atoms with E-state index < -0.39 is 0 Å². The van der Waals surface area contributed by atoms with Crippen molar-refractivity contribution < 1.29 is 14.1 Å². The molecule has 0 radical (unpaired) electrons. The minimum absolute atomic E-state index is 0. The van der Waals surface area contributed by atoms with Gasteiger partial charge in [0.05, 0.1) is 6.61 Å². The minimum Gasteiger partial charge on any atom is -0.494 e. The lowest BCUT2D eigenvalue weighted by molar-refractivity contribution is 0.0914. The maximum Gasteiger partial charge on any atom is 0.251 e. The molecule has 2 rings (SSSR count). The molecule has 150 valence electrons. The maximum atomic E-state index is 12.6. The zero-order chi connectivity index (χ0) is 19.1. The lowest BCUT2D eigenvalue weighted by Crippen LogP contribution is -2.32. The number of aromatic nitrogens is 2. The Labute approximate surface area is 166 Å². The van der Waals surface area contributed by atoms with Gasteiger partial charge in [-0.15, -0.1) is 12.4 Å². The molecule has 0 aliphatic rings. The van der Waals surface area contributed by atoms with Gasteiger partial charge in [0, 0.05) is 18.0 Å². The third-order valence-electron chi connectivity index (χ3n) is 4.11. The first-order valence-electron chi connectivity index (χ1n) is 8.98. The van der Waals surface area contributed by atoms with Gasteiger partial charge in [0.25, 0.3) is 5.91 Å². The SMILES string of the molecule is CCOc1ccc(C(=O)NC(c2nc(CC(C)NC)no2)C(C)C)cc1.Cl. The quantitative estimate of drug-likeness (QED) is 0.676. The highest BCUT2D eigenvalue weighted by molar-refractivity contribution is 5.94. The van der Waals surface area contributed by atoms with Crippen LogP contribution in [0.1, 0.15) is 55.8 Å². The summed E-state index contributed by atoms with van der Waals surface area (Å²) < 4.78 is 10.8. The third-order valence-corrected chi connectivity index (χ3v) is 4.11. The van der Waals surface area contributed by atoms with Crippen LogP contribution in [0.25, 0.3) is 0 Å². The Hall–Kier alpha value is -2.12. The minimum atomic E-state index is -0.347. The van der Waals surface area contributed by atoms with E-state index in [-0.39, 0.29) is 36.3 Å². The molecule has 0 spiro atoms. The molecule has 1 aromatic heterocycles. The van der Waals surface area contributed by atoms with Crippen LogP contribution in [-0.4, -0.2) is 35.7 Å². The first kappa shape index (κ1) is 22.9. The van der Waals surface area contributed by atoms with E-state index in [2.05, 4.69) is 20.8 Å². The fourth-order valence-corrected chi connectivity index (χ4v) is 2.46. The Balaban J connectivity index is 0.00000364. The summed E-state index contributed by atoms with van der Waals surface area (Å²) in [4.78, 5) is 17.0. The zero-order valence-electron chi connectivity index (χ0n) is 16.5. The number of hydrogen-bond acceptors (Lipinski definition) is 6. The van der Waals surface area contributed by atoms with Gasteiger partial charge in [-0.3, -0.25) is 4.79 Å². The van der Waals surface area contributed by atoms with E-state index in [9.17, 15) is 4.79 Å². The van der Waals surface area contributed by atoms with Gasteiger partial charge in [0.15, 0.2) is 5.82 Å². The molecule has 0 saturated carbocycles. The molecule has 0 aliphatic heterocycles. The number of carbonyl (C=O) groups is 1. The number of hydrogen-bond donors (Lipinski definition) is 2. The van der Waals surface area contributed by atoms with Gasteiger partial charge in [-0.25, -0.2) is 0 Å². The first-order chi connectivity index (χ1) is 12.4. The normalized spacial score (nSPS) is 13.0. The van der Waals surface area contributed by atoms with Gasteiger partial charge in [-0.1, -0.05) is 19.0 Å². The van der Waals surface area contributed by atoms with Crippen molar-refractivity contribution in [2.45, 2.75) is 46.2 Å². The lowest BCUT2D eigenvalue weighted by Gasteiger charge is -2.18. The van der Waals surface area contributed by atoms with E-state index in [1.807, 2.05) is 34.7 Å². The smallest absolute Gasteiger partial charge is 0.251 e. The predicted molar refractivity (Wildman–Crippen MR) is 106 cm³/mol. The lowest BCUT2D eigenvalue weighted by atomic mass is 10.0. The monoisotopic (exact) mass is 396 g/mol. The second-order valence-electron chi connectivity index (χ2n) is 6.60. The molecule has 7 nitrogen and oxygen atoms in total. The Morgan fingerprint density at radius 3 is 2.44 bits per heavy atom. The Kier molecular flexibility index (Phi) is 9.25. The largest absolute Gasteiger partial charge is 0.494 e. The predicted octanol–water partition coefficient (Wildman–Crippen LogP) is 3.17. The van der Waals surface area contributed by atoms with Crippen molar-refractivity contribution in [3.8, 4) is 5.75 Å². The molecule has 0 saturated heterocycles. The Morgan fingerprint density at radius 1 is 1.22 bits per heavy atom. The summed E-state index contributed by atoms with van der Waals surface area (Å²) in [5.41, 5.74) is 0.558. The van der Waals surface area contributed by atoms with Gasteiger partial charge < -0.3 is 19.9 Å². The number of benzene rings is 1. The standard InChI is InChI=1S/C19H28N4O3.ClH/c1-6-25-15-9-7-14(8-10-15)18(24)22-17(12(2)3)19-21-16(23-26-19)11-13(4)20-5;/h7-10,12-13,17,20H,6,11H2,1-5H3,(H,22,24);1H. The van der Waals surface area contributed by atoms with E-state index in [4.69, 9.17) is 9.26 Å². The van der Waals surface area contributed by atoms with Gasteiger partial charge in [-0.05, 0) is 51.1 Å². The number of nitrogens with zero attached hydrogens (tertiary/aromatic N) is 2. The molecule has 0 bridgehead atoms. The first-order valence-corrected chi connectivity index (χ1v) is 8.98. The average molecular weight is 397 g/mol. The molecule has 27 heavy (non-hydrogen) atoms. The zero-order valence-corrected chi connectivity index (χ0v) is 17.3. The maximum absolute atomic E-state index is 12.6. The number of likely N-dealkylation sites (N-methyl/N-ethyl adjacent to an activating group) is 1. The number of halogens is 1. The molecule has 2 N–H and O–H groups in total. The Morgan fingerprint density at radius 2 is 1.89 bits per heavy atom. The van der Waals surface area contributed by atoms with E-state index in [1.165, 1.54) is 0 Å². The van der Waals surface area contributed by atoms with Crippen LogP contribution in [0.4, 0.5) is 0 Å². The highest BCUT2D eigenvalue weighted by Crippen LogP contribution is 2.21. The molecule has 2 atom stereocenters. The number of carbonyl (C=O) groups excluding carboxylic acids is 1. The molecular weight excluding hydrogens is 368 g/mol. The molecular formula is C19H29ClN4O3. The number of rotatable bonds is 9. The van der Waals surface area contributed by atoms with Crippen molar-refractivity contribution >= 4 is 18.3 Å². The van der Waals surface area contributed by atoms with Crippen molar-refractivity contribution in [1.82, 2.24) is 20.8 Å². The van der Waals surface area contributed by atoms with Crippen LogP contribution >= 0.6 is 12.4 Å². The van der Waals surface area contributed by atoms with E-state index in [0.29, 0.717) is 30.3 Å². The van der Waals surface area contributed by atoms with E-state index in [0.717, 1.165) is 5.75 Å². The Bertz CT molecular complexity index is 703. The van der Waals surface area contributed by atoms with Crippen molar-refractivity contribution in [2.24, 2.45) is 5.92 Å². The topological polar surface area (TPSA) is 89.3 Å². The molecule has 0 fully saturated rings. The molecule has 0 aliphatic carbocycles. The summed E-state index contributed by atoms with van der Waals surface area (Å²) in [5, 5.41) is 10.2. The van der Waals surface area contributed by atoms with Crippen LogP contribution in [-0.2, 0) is 6.42 Å². The number of amides is 1. The summed E-state index contributed by atoms with van der Waals surface area (Å²) in [5.74, 6) is 1.72. The van der Waals surface area contributed by atoms with Crippen molar-refractivity contribution in [2.75, 3.05) is 13.7 Å². The summed E-state index contributed by atoms with van der Waals surface area (Å²) in [6.45, 7) is 8.56. The van der Waals surface area contributed by atoms with Crippen molar-refractivity contribution in [3.63, 3.8) is 0 Å². The second-order valence-corrected chi connectivity index (χ2v) is 6.60. The summed E-state index contributed by atoms with van der Waals surface area (Å²) in [6.07, 6.45) is 0.664. The van der Waals surface area contributed by atoms with Gasteiger partial charge in [0.1, 0.15) is 11.8 Å². The molecule has 2 aromatic rings. The summed E-state index contributed by atoms with van der Waals surface area (Å²) >= 11 is 0. The van der Waals surface area contributed by atoms with Gasteiger partial charge in [0.2, 0.25) is 5.89 Å². The third kappa shape index (κ3) is 6.52. The van der Waals surface area contributed by atoms with Crippen LogP contribution in [0, 0.1) is 5.92 Å². The summed E-state index contributed by atoms with van der Waals surface area (Å²) in [7, 11) is 1.89. The molecule has 1 heterocycles. The van der Waals surface area contributed by atoms with Crippen LogP contribution in [0.3, 0.4) is 0 Å². The molecule has 2 unspecified atom stereocenters. The average Bonchev–Trinajstić information content (AvgIpc) is 3.08. The number of ether oxygens (including phenoxy) is 1. The van der Waals surface area contributed by atoms with Gasteiger partial charge >= 0.3 is 0 Å². The fraction of sp³-hybridized carbons (Fsp3) is 0.526. The summed E-state index contributed by atoms with van der Waals surface area (Å²) in [6, 6.07) is 6.95. The van der Waals surface area contributed by atoms with Crippen LogP contribution in [0.2, 0.25) is 0 Å². The highest BCUT2D eigenvalue weighted by atomic mass is 35.5. The fourth-order valence-electron chi connectivity index (χ4n) is 2.46. The second kappa shape index (κ2) is 10.9. The molecule has 1 aromatic carbocycles. The molecule has 8 heteroatoms. The van der Waals surface area contributed by atoms with Crippen molar-refractivity contribution in [1.29, 1.82) is 0 Å². The van der Waals surface area contributed by atoms with E-state index >= 15 is 0 Å². The van der Waals surface area contributed by atoms with Crippen molar-refractivity contribution in [3.05, 3.63) is 41.5 Å². The van der Waals surface area contributed by atoms with Crippen LogP contribution in [0.5, 0.6) is 5.75 Å². The van der Waals surface area contributed by atoms with Crippen LogP contribution in [0.15, 0.2) is 28.8 Å². The molecule has 1 amide bonds.